The number of rotatable bonds is 9. The standard InChI is InChI=1S/C13H28N2S/c1-2-3-4-5-6-7-8-14-11-13-12-16-10-9-15-13/h13-15H,2-12H2,1H3. The molecule has 1 fully saturated rings. The van der Waals surface area contributed by atoms with Crippen molar-refractivity contribution in [3.05, 3.63) is 0 Å². The molecule has 2 nitrogen and oxygen atoms in total. The second kappa shape index (κ2) is 10.4. The molecule has 0 aromatic carbocycles. The van der Waals surface area contributed by atoms with Gasteiger partial charge < -0.3 is 10.6 Å². The van der Waals surface area contributed by atoms with E-state index in [1.54, 1.807) is 0 Å². The Morgan fingerprint density at radius 3 is 2.75 bits per heavy atom. The molecular weight excluding hydrogens is 216 g/mol. The van der Waals surface area contributed by atoms with Gasteiger partial charge in [-0.1, -0.05) is 39.0 Å². The third kappa shape index (κ3) is 7.53. The summed E-state index contributed by atoms with van der Waals surface area (Å²) in [6.45, 7) is 5.82. The lowest BCUT2D eigenvalue weighted by Gasteiger charge is -2.23. The number of thioether (sulfide) groups is 1. The highest BCUT2D eigenvalue weighted by Gasteiger charge is 2.11. The third-order valence-electron chi connectivity index (χ3n) is 3.10. The summed E-state index contributed by atoms with van der Waals surface area (Å²) in [6.07, 6.45) is 8.37. The monoisotopic (exact) mass is 244 g/mol. The van der Waals surface area contributed by atoms with Crippen LogP contribution >= 0.6 is 11.8 Å². The van der Waals surface area contributed by atoms with E-state index in [1.807, 2.05) is 0 Å². The van der Waals surface area contributed by atoms with Crippen LogP contribution in [0, 0.1) is 0 Å². The number of hydrogen-bond acceptors (Lipinski definition) is 3. The van der Waals surface area contributed by atoms with Gasteiger partial charge in [-0.2, -0.15) is 11.8 Å². The number of hydrogen-bond donors (Lipinski definition) is 2. The Labute approximate surface area is 105 Å². The molecule has 1 aliphatic heterocycles. The lowest BCUT2D eigenvalue weighted by atomic mass is 10.1. The van der Waals surface area contributed by atoms with Crippen molar-refractivity contribution >= 4 is 11.8 Å². The van der Waals surface area contributed by atoms with Crippen molar-refractivity contribution < 1.29 is 0 Å². The van der Waals surface area contributed by atoms with Gasteiger partial charge in [0.15, 0.2) is 0 Å². The van der Waals surface area contributed by atoms with Crippen LogP contribution in [-0.4, -0.2) is 37.2 Å². The summed E-state index contributed by atoms with van der Waals surface area (Å²) in [5, 5.41) is 7.12. The molecule has 1 heterocycles. The molecule has 0 amide bonds. The normalized spacial score (nSPS) is 21.2. The van der Waals surface area contributed by atoms with Crippen LogP contribution in [0.15, 0.2) is 0 Å². The van der Waals surface area contributed by atoms with Crippen LogP contribution in [-0.2, 0) is 0 Å². The maximum absolute atomic E-state index is 3.57. The highest BCUT2D eigenvalue weighted by Crippen LogP contribution is 2.07. The largest absolute Gasteiger partial charge is 0.315 e. The van der Waals surface area contributed by atoms with Crippen molar-refractivity contribution in [3.8, 4) is 0 Å². The van der Waals surface area contributed by atoms with E-state index >= 15 is 0 Å². The molecule has 0 bridgehead atoms. The van der Waals surface area contributed by atoms with Gasteiger partial charge in [-0.3, -0.25) is 0 Å². The van der Waals surface area contributed by atoms with E-state index in [0.29, 0.717) is 6.04 Å². The van der Waals surface area contributed by atoms with Crippen molar-refractivity contribution in [2.45, 2.75) is 51.5 Å². The fourth-order valence-corrected chi connectivity index (χ4v) is 3.01. The fourth-order valence-electron chi connectivity index (χ4n) is 2.06. The summed E-state index contributed by atoms with van der Waals surface area (Å²) >= 11 is 2.08. The minimum atomic E-state index is 0.707. The van der Waals surface area contributed by atoms with Gasteiger partial charge in [0.05, 0.1) is 0 Å². The molecule has 1 unspecified atom stereocenters. The molecule has 0 aliphatic carbocycles. The van der Waals surface area contributed by atoms with E-state index in [2.05, 4.69) is 29.3 Å². The van der Waals surface area contributed by atoms with Gasteiger partial charge in [-0.25, -0.2) is 0 Å². The van der Waals surface area contributed by atoms with E-state index in [0.717, 1.165) is 6.54 Å². The van der Waals surface area contributed by atoms with Gasteiger partial charge in [0.1, 0.15) is 0 Å². The Kier molecular flexibility index (Phi) is 9.34. The molecule has 0 radical (unpaired) electrons. The molecule has 1 aliphatic rings. The predicted molar refractivity (Wildman–Crippen MR) is 75.4 cm³/mol. The van der Waals surface area contributed by atoms with Crippen LogP contribution in [0.25, 0.3) is 0 Å². The van der Waals surface area contributed by atoms with Crippen LogP contribution in [0.1, 0.15) is 45.4 Å². The van der Waals surface area contributed by atoms with Gasteiger partial charge in [0.25, 0.3) is 0 Å². The minimum Gasteiger partial charge on any atom is -0.315 e. The summed E-state index contributed by atoms with van der Waals surface area (Å²) in [7, 11) is 0. The van der Waals surface area contributed by atoms with Crippen molar-refractivity contribution in [1.29, 1.82) is 0 Å². The first-order chi connectivity index (χ1) is 7.93. The van der Waals surface area contributed by atoms with Crippen molar-refractivity contribution in [2.24, 2.45) is 0 Å². The number of unbranched alkanes of at least 4 members (excludes halogenated alkanes) is 5. The van der Waals surface area contributed by atoms with Gasteiger partial charge in [-0.15, -0.1) is 0 Å². The Bertz CT molecular complexity index is 147. The summed E-state index contributed by atoms with van der Waals surface area (Å²) in [4.78, 5) is 0. The average Bonchev–Trinajstić information content (AvgIpc) is 2.34. The minimum absolute atomic E-state index is 0.707. The smallest absolute Gasteiger partial charge is 0.0283 e. The predicted octanol–water partition coefficient (Wildman–Crippen LogP) is 2.64. The molecule has 0 saturated carbocycles. The van der Waals surface area contributed by atoms with Crippen LogP contribution in [0.4, 0.5) is 0 Å². The molecule has 3 heteroatoms. The van der Waals surface area contributed by atoms with Gasteiger partial charge in [-0.05, 0) is 13.0 Å². The zero-order valence-corrected chi connectivity index (χ0v) is 11.6. The third-order valence-corrected chi connectivity index (χ3v) is 4.23. The first-order valence-electron chi connectivity index (χ1n) is 6.95. The molecule has 0 aromatic heterocycles. The first-order valence-corrected chi connectivity index (χ1v) is 8.10. The average molecular weight is 244 g/mol. The molecule has 2 N–H and O–H groups in total. The van der Waals surface area contributed by atoms with E-state index in [9.17, 15) is 0 Å². The Hall–Kier alpha value is 0.270. The van der Waals surface area contributed by atoms with E-state index in [4.69, 9.17) is 0 Å². The summed E-state index contributed by atoms with van der Waals surface area (Å²) in [6, 6.07) is 0.707. The molecule has 1 rings (SSSR count). The summed E-state index contributed by atoms with van der Waals surface area (Å²) < 4.78 is 0. The van der Waals surface area contributed by atoms with E-state index < -0.39 is 0 Å². The molecule has 1 atom stereocenters. The number of nitrogens with one attached hydrogen (secondary N) is 2. The molecule has 16 heavy (non-hydrogen) atoms. The lowest BCUT2D eigenvalue weighted by molar-refractivity contribution is 0.499. The summed E-state index contributed by atoms with van der Waals surface area (Å²) in [5.41, 5.74) is 0. The highest BCUT2D eigenvalue weighted by atomic mass is 32.2. The summed E-state index contributed by atoms with van der Waals surface area (Å²) in [5.74, 6) is 2.57. The maximum atomic E-state index is 3.57. The Morgan fingerprint density at radius 1 is 1.19 bits per heavy atom. The van der Waals surface area contributed by atoms with E-state index in [-0.39, 0.29) is 0 Å². The van der Waals surface area contributed by atoms with Crippen molar-refractivity contribution in [1.82, 2.24) is 10.6 Å². The molecular formula is C13H28N2S. The van der Waals surface area contributed by atoms with Crippen molar-refractivity contribution in [3.63, 3.8) is 0 Å². The maximum Gasteiger partial charge on any atom is 0.0283 e. The van der Waals surface area contributed by atoms with Gasteiger partial charge in [0.2, 0.25) is 0 Å². The van der Waals surface area contributed by atoms with Crippen molar-refractivity contribution in [2.75, 3.05) is 31.1 Å². The second-order valence-corrected chi connectivity index (χ2v) is 5.85. The van der Waals surface area contributed by atoms with E-state index in [1.165, 1.54) is 63.1 Å². The fraction of sp³-hybridized carbons (Fsp3) is 1.00. The highest BCUT2D eigenvalue weighted by molar-refractivity contribution is 7.99. The van der Waals surface area contributed by atoms with Crippen LogP contribution in [0.2, 0.25) is 0 Å². The van der Waals surface area contributed by atoms with Gasteiger partial charge in [0, 0.05) is 30.6 Å². The van der Waals surface area contributed by atoms with Gasteiger partial charge >= 0.3 is 0 Å². The van der Waals surface area contributed by atoms with Crippen LogP contribution in [0.3, 0.4) is 0 Å². The molecule has 1 saturated heterocycles. The zero-order chi connectivity index (χ0) is 11.5. The lowest BCUT2D eigenvalue weighted by Crippen LogP contribution is -2.44. The first kappa shape index (κ1) is 14.3. The molecule has 96 valence electrons. The Morgan fingerprint density at radius 2 is 2.00 bits per heavy atom. The molecule has 0 spiro atoms. The quantitative estimate of drug-likeness (QED) is 0.610. The second-order valence-electron chi connectivity index (χ2n) is 4.70. The Balaban J connectivity index is 1.77. The molecule has 0 aromatic rings. The zero-order valence-electron chi connectivity index (χ0n) is 10.8. The van der Waals surface area contributed by atoms with Crippen LogP contribution < -0.4 is 10.6 Å². The van der Waals surface area contributed by atoms with Crippen LogP contribution in [0.5, 0.6) is 0 Å². The topological polar surface area (TPSA) is 24.1 Å². The SMILES string of the molecule is CCCCCCCCNCC1CSCCN1.